The summed E-state index contributed by atoms with van der Waals surface area (Å²) >= 11 is 0. The van der Waals surface area contributed by atoms with Crippen molar-refractivity contribution in [3.63, 3.8) is 0 Å². The number of carbonyl (C=O) groups excluding carboxylic acids is 1. The lowest BCUT2D eigenvalue weighted by atomic mass is 9.73. The number of ether oxygens (including phenoxy) is 2. The first-order valence-electron chi connectivity index (χ1n) is 16.7. The van der Waals surface area contributed by atoms with E-state index in [2.05, 4.69) is 6.92 Å². The number of hydrogen-bond donors (Lipinski definition) is 9. The Labute approximate surface area is 266 Å². The molecule has 13 nitrogen and oxygen atoms in total. The van der Waals surface area contributed by atoms with Gasteiger partial charge in [0, 0.05) is 6.42 Å². The van der Waals surface area contributed by atoms with Crippen LogP contribution in [0.5, 0.6) is 0 Å². The van der Waals surface area contributed by atoms with Gasteiger partial charge in [-0.05, 0) is 33.1 Å². The van der Waals surface area contributed by atoms with Crippen LogP contribution in [0.2, 0.25) is 0 Å². The third kappa shape index (κ3) is 10.6. The van der Waals surface area contributed by atoms with Crippen molar-refractivity contribution in [1.82, 2.24) is 0 Å². The number of rotatable bonds is 20. The maximum Gasteiger partial charge on any atom is 0.316 e. The van der Waals surface area contributed by atoms with E-state index in [0.717, 1.165) is 25.7 Å². The van der Waals surface area contributed by atoms with E-state index in [1.54, 1.807) is 0 Å². The van der Waals surface area contributed by atoms with Crippen molar-refractivity contribution >= 4 is 11.8 Å². The van der Waals surface area contributed by atoms with Crippen LogP contribution in [0.4, 0.5) is 0 Å². The molecular weight excluding hydrogens is 592 g/mol. The second-order valence-corrected chi connectivity index (χ2v) is 13.2. The number of carbonyl (C=O) groups is 2. The number of unbranched alkanes of at least 4 members (excludes halogenated alkanes) is 8. The number of Topliss-reactive ketones (excluding diaryl/α,β-unsaturated/α-hetero) is 1. The SMILES string of the molecule is CCCCCCCC(O)C(C(=O)O)C(=O)CC(O)CCCCCCCC1(C2O[C@@H](C)[C@H](O)[C@@H](O)[C@H]2O)O[C@@H](C)[C@H](O)[C@@H](O)[C@H]1O. The van der Waals surface area contributed by atoms with E-state index in [9.17, 15) is 55.5 Å². The van der Waals surface area contributed by atoms with Crippen LogP contribution in [-0.2, 0) is 19.1 Å². The Bertz CT molecular complexity index is 889. The fraction of sp³-hybridized carbons (Fsp3) is 0.938. The Morgan fingerprint density at radius 2 is 1.27 bits per heavy atom. The predicted octanol–water partition coefficient (Wildman–Crippen LogP) is 0.570. The molecule has 45 heavy (non-hydrogen) atoms. The van der Waals surface area contributed by atoms with Crippen LogP contribution in [-0.4, -0.2) is 130 Å². The van der Waals surface area contributed by atoms with Gasteiger partial charge in [-0.2, -0.15) is 0 Å². The van der Waals surface area contributed by atoms with E-state index >= 15 is 0 Å². The van der Waals surface area contributed by atoms with Crippen LogP contribution >= 0.6 is 0 Å². The van der Waals surface area contributed by atoms with Crippen LogP contribution < -0.4 is 0 Å². The summed E-state index contributed by atoms with van der Waals surface area (Å²) in [4.78, 5) is 24.3. The fourth-order valence-electron chi connectivity index (χ4n) is 6.69. The average Bonchev–Trinajstić information content (AvgIpc) is 2.98. The zero-order valence-electron chi connectivity index (χ0n) is 27.0. The van der Waals surface area contributed by atoms with Gasteiger partial charge >= 0.3 is 5.97 Å². The minimum absolute atomic E-state index is 0.105. The summed E-state index contributed by atoms with van der Waals surface area (Å²) in [7, 11) is 0. The molecule has 2 aliphatic heterocycles. The lowest BCUT2D eigenvalue weighted by Gasteiger charge is -2.55. The van der Waals surface area contributed by atoms with E-state index < -0.39 is 90.4 Å². The number of aliphatic hydroxyl groups is 8. The predicted molar refractivity (Wildman–Crippen MR) is 162 cm³/mol. The third-order valence-electron chi connectivity index (χ3n) is 9.54. The first-order chi connectivity index (χ1) is 21.2. The standard InChI is InChI=1S/C32H58O13/c1-4-5-6-8-12-15-21(34)23(31(42)43)22(35)17-20(33)14-11-9-7-10-13-16-32(29(41)27(39)25(37)19(3)45-32)30-28(40)26(38)24(36)18(2)44-30/h18-21,23-30,33-34,36-41H,4-17H2,1-3H3,(H,42,43)/t18-,19-,20?,21?,23?,24-,25-,26+,27+,28+,29+,30?,32?/m0/s1. The number of aliphatic carboxylic acids is 1. The average molecular weight is 651 g/mol. The quantitative estimate of drug-likeness (QED) is 0.0648. The van der Waals surface area contributed by atoms with Gasteiger partial charge in [0.1, 0.15) is 54.2 Å². The summed E-state index contributed by atoms with van der Waals surface area (Å²) in [5, 5.41) is 93.5. The van der Waals surface area contributed by atoms with E-state index in [-0.39, 0.29) is 25.7 Å². The third-order valence-corrected chi connectivity index (χ3v) is 9.54. The Kier molecular flexibility index (Phi) is 16.8. The van der Waals surface area contributed by atoms with Gasteiger partial charge in [-0.25, -0.2) is 0 Å². The van der Waals surface area contributed by atoms with Crippen molar-refractivity contribution in [3.05, 3.63) is 0 Å². The summed E-state index contributed by atoms with van der Waals surface area (Å²) in [6.07, 6.45) is -6.81. The molecule has 13 heteroatoms. The molecule has 0 aliphatic carbocycles. The molecule has 0 bridgehead atoms. The highest BCUT2D eigenvalue weighted by Gasteiger charge is 2.61. The Morgan fingerprint density at radius 1 is 0.711 bits per heavy atom. The van der Waals surface area contributed by atoms with E-state index in [4.69, 9.17) is 9.47 Å². The molecule has 0 amide bonds. The highest BCUT2D eigenvalue weighted by molar-refractivity contribution is 5.99. The number of carboxylic acid groups (broad SMARTS) is 1. The van der Waals surface area contributed by atoms with Crippen molar-refractivity contribution in [2.24, 2.45) is 5.92 Å². The monoisotopic (exact) mass is 650 g/mol. The van der Waals surface area contributed by atoms with Crippen LogP contribution in [0, 0.1) is 5.92 Å². The normalized spacial score (nSPS) is 35.9. The molecule has 5 unspecified atom stereocenters. The number of carboxylic acids is 1. The Hall–Kier alpha value is -1.26. The highest BCUT2D eigenvalue weighted by atomic mass is 16.6. The van der Waals surface area contributed by atoms with Gasteiger partial charge in [-0.3, -0.25) is 9.59 Å². The topological polar surface area (TPSA) is 235 Å². The Morgan fingerprint density at radius 3 is 1.89 bits per heavy atom. The summed E-state index contributed by atoms with van der Waals surface area (Å²) in [5.41, 5.74) is -1.68. The second kappa shape index (κ2) is 18.9. The molecule has 0 radical (unpaired) electrons. The van der Waals surface area contributed by atoms with Crippen LogP contribution in [0.15, 0.2) is 0 Å². The largest absolute Gasteiger partial charge is 0.481 e. The molecule has 2 saturated heterocycles. The van der Waals surface area contributed by atoms with Gasteiger partial charge < -0.3 is 55.4 Å². The smallest absolute Gasteiger partial charge is 0.316 e. The zero-order valence-corrected chi connectivity index (χ0v) is 27.0. The maximum atomic E-state index is 12.6. The van der Waals surface area contributed by atoms with E-state index in [0.29, 0.717) is 38.5 Å². The summed E-state index contributed by atoms with van der Waals surface area (Å²) < 4.78 is 11.8. The second-order valence-electron chi connectivity index (χ2n) is 13.2. The zero-order chi connectivity index (χ0) is 33.9. The van der Waals surface area contributed by atoms with Gasteiger partial charge in [0.15, 0.2) is 5.78 Å². The molecule has 13 atom stereocenters. The molecular formula is C32H58O13. The van der Waals surface area contributed by atoms with Crippen molar-refractivity contribution in [1.29, 1.82) is 0 Å². The number of hydrogen-bond acceptors (Lipinski definition) is 12. The van der Waals surface area contributed by atoms with Crippen LogP contribution in [0.1, 0.15) is 111 Å². The van der Waals surface area contributed by atoms with Gasteiger partial charge in [0.25, 0.3) is 0 Å². The van der Waals surface area contributed by atoms with Gasteiger partial charge in [-0.15, -0.1) is 0 Å². The molecule has 0 spiro atoms. The molecule has 2 rings (SSSR count). The molecule has 0 aromatic rings. The fourth-order valence-corrected chi connectivity index (χ4v) is 6.69. The first kappa shape index (κ1) is 39.9. The van der Waals surface area contributed by atoms with Crippen LogP contribution in [0.25, 0.3) is 0 Å². The molecule has 9 N–H and O–H groups in total. The molecule has 2 fully saturated rings. The number of ketones is 1. The first-order valence-corrected chi connectivity index (χ1v) is 16.7. The summed E-state index contributed by atoms with van der Waals surface area (Å²) in [6.45, 7) is 5.10. The van der Waals surface area contributed by atoms with Crippen molar-refractivity contribution in [2.75, 3.05) is 0 Å². The van der Waals surface area contributed by atoms with Crippen molar-refractivity contribution < 1.29 is 65.0 Å². The minimum Gasteiger partial charge on any atom is -0.481 e. The van der Waals surface area contributed by atoms with E-state index in [1.807, 2.05) is 0 Å². The minimum atomic E-state index is -1.68. The molecule has 264 valence electrons. The lowest BCUT2D eigenvalue weighted by molar-refractivity contribution is -0.336. The molecule has 0 aromatic carbocycles. The van der Waals surface area contributed by atoms with Crippen molar-refractivity contribution in [3.8, 4) is 0 Å². The molecule has 2 heterocycles. The highest BCUT2D eigenvalue weighted by Crippen LogP contribution is 2.42. The molecule has 0 saturated carbocycles. The van der Waals surface area contributed by atoms with Gasteiger partial charge in [-0.1, -0.05) is 71.1 Å². The van der Waals surface area contributed by atoms with Crippen molar-refractivity contribution in [2.45, 2.75) is 183 Å². The number of aliphatic hydroxyl groups excluding tert-OH is 8. The summed E-state index contributed by atoms with van der Waals surface area (Å²) in [5.74, 6) is -3.63. The molecule has 0 aromatic heterocycles. The van der Waals surface area contributed by atoms with Crippen LogP contribution in [0.3, 0.4) is 0 Å². The molecule has 2 aliphatic rings. The maximum absolute atomic E-state index is 12.6. The summed E-state index contributed by atoms with van der Waals surface area (Å²) in [6, 6.07) is 0. The lowest BCUT2D eigenvalue weighted by Crippen LogP contribution is -2.73. The van der Waals surface area contributed by atoms with Gasteiger partial charge in [0.2, 0.25) is 0 Å². The van der Waals surface area contributed by atoms with E-state index in [1.165, 1.54) is 13.8 Å². The van der Waals surface area contributed by atoms with Gasteiger partial charge in [0.05, 0.1) is 24.4 Å². The Balaban J connectivity index is 1.85.